The second-order valence-electron chi connectivity index (χ2n) is 6.50. The highest BCUT2D eigenvalue weighted by molar-refractivity contribution is 5.25. The Morgan fingerprint density at radius 3 is 2.74 bits per heavy atom. The molecule has 2 aliphatic rings. The number of nitrogens with zero attached hydrogens (tertiary/aromatic N) is 2. The molecule has 4 nitrogen and oxygen atoms in total. The van der Waals surface area contributed by atoms with Gasteiger partial charge < -0.3 is 9.84 Å². The molecule has 2 fully saturated rings. The Hall–Kier alpha value is -0.870. The van der Waals surface area contributed by atoms with Gasteiger partial charge in [-0.1, -0.05) is 5.16 Å². The number of rotatable bonds is 3. The lowest BCUT2D eigenvalue weighted by Gasteiger charge is -2.44. The summed E-state index contributed by atoms with van der Waals surface area (Å²) in [5, 5.41) is 7.83. The molecule has 1 N–H and O–H groups in total. The molecular weight excluding hydrogens is 238 g/mol. The topological polar surface area (TPSA) is 41.3 Å². The molecule has 2 unspecified atom stereocenters. The van der Waals surface area contributed by atoms with Crippen LogP contribution in [0.3, 0.4) is 0 Å². The lowest BCUT2D eigenvalue weighted by atomic mass is 9.91. The third-order valence-corrected chi connectivity index (χ3v) is 4.99. The zero-order valence-electron chi connectivity index (χ0n) is 12.5. The number of hydrogen-bond acceptors (Lipinski definition) is 4. The lowest BCUT2D eigenvalue weighted by molar-refractivity contribution is 0.0938. The van der Waals surface area contributed by atoms with Crippen molar-refractivity contribution in [1.29, 1.82) is 0 Å². The predicted octanol–water partition coefficient (Wildman–Crippen LogP) is 2.43. The van der Waals surface area contributed by atoms with Crippen molar-refractivity contribution in [2.24, 2.45) is 5.92 Å². The first-order chi connectivity index (χ1) is 9.01. The van der Waals surface area contributed by atoms with Crippen molar-refractivity contribution in [3.8, 4) is 0 Å². The van der Waals surface area contributed by atoms with Crippen LogP contribution >= 0.6 is 0 Å². The van der Waals surface area contributed by atoms with Crippen LogP contribution in [0, 0.1) is 19.8 Å². The van der Waals surface area contributed by atoms with E-state index in [0.29, 0.717) is 11.6 Å². The summed E-state index contributed by atoms with van der Waals surface area (Å²) in [6, 6.07) is 0.395. The molecule has 1 saturated carbocycles. The van der Waals surface area contributed by atoms with E-state index in [2.05, 4.69) is 29.2 Å². The third kappa shape index (κ3) is 2.32. The molecule has 106 valence electrons. The molecule has 1 aromatic rings. The van der Waals surface area contributed by atoms with E-state index < -0.39 is 0 Å². The van der Waals surface area contributed by atoms with Gasteiger partial charge in [0.05, 0.1) is 5.69 Å². The van der Waals surface area contributed by atoms with Crippen molar-refractivity contribution < 1.29 is 4.52 Å². The van der Waals surface area contributed by atoms with Crippen molar-refractivity contribution in [3.63, 3.8) is 0 Å². The van der Waals surface area contributed by atoms with Crippen molar-refractivity contribution >= 4 is 0 Å². The molecule has 1 aromatic heterocycles. The van der Waals surface area contributed by atoms with Crippen LogP contribution in [0.15, 0.2) is 4.52 Å². The van der Waals surface area contributed by atoms with E-state index in [-0.39, 0.29) is 0 Å². The molecule has 2 heterocycles. The molecule has 4 heteroatoms. The van der Waals surface area contributed by atoms with E-state index in [9.17, 15) is 0 Å². The standard InChI is InChI=1S/C15H25N3O/c1-10-14(12(3)19-17-10)11(2)18-8-7-16-15(4,9-18)13-5-6-13/h11,13,16H,5-9H2,1-4H3. The highest BCUT2D eigenvalue weighted by atomic mass is 16.5. The molecule has 1 aliphatic heterocycles. The van der Waals surface area contributed by atoms with Gasteiger partial charge in [0.2, 0.25) is 0 Å². The minimum absolute atomic E-state index is 0.297. The van der Waals surface area contributed by atoms with E-state index in [1.54, 1.807) is 0 Å². The van der Waals surface area contributed by atoms with Crippen LogP contribution in [-0.4, -0.2) is 35.2 Å². The first-order valence-electron chi connectivity index (χ1n) is 7.43. The second kappa shape index (κ2) is 4.60. The van der Waals surface area contributed by atoms with Crippen LogP contribution in [0.4, 0.5) is 0 Å². The number of aromatic nitrogens is 1. The maximum atomic E-state index is 5.33. The molecule has 0 spiro atoms. The van der Waals surface area contributed by atoms with Gasteiger partial charge in [0.1, 0.15) is 5.76 Å². The lowest BCUT2D eigenvalue weighted by Crippen LogP contribution is -2.60. The largest absolute Gasteiger partial charge is 0.361 e. The predicted molar refractivity (Wildman–Crippen MR) is 75.1 cm³/mol. The van der Waals surface area contributed by atoms with Crippen molar-refractivity contribution in [2.45, 2.75) is 52.1 Å². The summed E-state index contributed by atoms with van der Waals surface area (Å²) >= 11 is 0. The molecular formula is C15H25N3O. The van der Waals surface area contributed by atoms with Crippen LogP contribution in [-0.2, 0) is 0 Å². The summed E-state index contributed by atoms with van der Waals surface area (Å²) in [4.78, 5) is 2.58. The van der Waals surface area contributed by atoms with Gasteiger partial charge in [0.15, 0.2) is 0 Å². The summed E-state index contributed by atoms with van der Waals surface area (Å²) in [5.41, 5.74) is 2.61. The Kier molecular flexibility index (Phi) is 3.18. The number of nitrogens with one attached hydrogen (secondary N) is 1. The van der Waals surface area contributed by atoms with Crippen molar-refractivity contribution in [2.75, 3.05) is 19.6 Å². The van der Waals surface area contributed by atoms with Gasteiger partial charge in [0.25, 0.3) is 0 Å². The summed E-state index contributed by atoms with van der Waals surface area (Å²) in [5.74, 6) is 1.84. The van der Waals surface area contributed by atoms with Crippen LogP contribution in [0.2, 0.25) is 0 Å². The summed E-state index contributed by atoms with van der Waals surface area (Å²) in [7, 11) is 0. The van der Waals surface area contributed by atoms with Crippen LogP contribution < -0.4 is 5.32 Å². The first kappa shape index (κ1) is 13.1. The molecule has 0 bridgehead atoms. The van der Waals surface area contributed by atoms with E-state index in [1.165, 1.54) is 18.4 Å². The molecule has 0 radical (unpaired) electrons. The van der Waals surface area contributed by atoms with Gasteiger partial charge in [-0.05, 0) is 46.5 Å². The summed E-state index contributed by atoms with van der Waals surface area (Å²) in [6.07, 6.45) is 2.77. The Morgan fingerprint density at radius 1 is 1.42 bits per heavy atom. The monoisotopic (exact) mass is 263 g/mol. The van der Waals surface area contributed by atoms with Gasteiger partial charge in [-0.3, -0.25) is 4.90 Å². The highest BCUT2D eigenvalue weighted by Gasteiger charge is 2.44. The van der Waals surface area contributed by atoms with E-state index in [1.807, 2.05) is 13.8 Å². The van der Waals surface area contributed by atoms with Crippen LogP contribution in [0.25, 0.3) is 0 Å². The second-order valence-corrected chi connectivity index (χ2v) is 6.50. The molecule has 1 aliphatic carbocycles. The zero-order chi connectivity index (χ0) is 13.6. The van der Waals surface area contributed by atoms with Crippen LogP contribution in [0.1, 0.15) is 49.7 Å². The molecule has 19 heavy (non-hydrogen) atoms. The molecule has 2 atom stereocenters. The van der Waals surface area contributed by atoms with Crippen molar-refractivity contribution in [1.82, 2.24) is 15.4 Å². The highest BCUT2D eigenvalue weighted by Crippen LogP contribution is 2.42. The van der Waals surface area contributed by atoms with Gasteiger partial charge >= 0.3 is 0 Å². The molecule has 0 aromatic carbocycles. The van der Waals surface area contributed by atoms with Gasteiger partial charge in [-0.15, -0.1) is 0 Å². The summed E-state index contributed by atoms with van der Waals surface area (Å²) in [6.45, 7) is 12.1. The normalized spacial score (nSPS) is 30.5. The summed E-state index contributed by atoms with van der Waals surface area (Å²) < 4.78 is 5.33. The SMILES string of the molecule is Cc1noc(C)c1C(C)N1CCNC(C)(C2CC2)C1. The zero-order valence-corrected chi connectivity index (χ0v) is 12.5. The van der Waals surface area contributed by atoms with Gasteiger partial charge in [-0.2, -0.15) is 0 Å². The van der Waals surface area contributed by atoms with Crippen molar-refractivity contribution in [3.05, 3.63) is 17.0 Å². The maximum Gasteiger partial charge on any atom is 0.138 e. The molecule has 0 amide bonds. The number of piperazine rings is 1. The van der Waals surface area contributed by atoms with Crippen LogP contribution in [0.5, 0.6) is 0 Å². The average molecular weight is 263 g/mol. The Labute approximate surface area is 115 Å². The maximum absolute atomic E-state index is 5.33. The van der Waals surface area contributed by atoms with Gasteiger partial charge in [0, 0.05) is 36.8 Å². The quantitative estimate of drug-likeness (QED) is 0.909. The van der Waals surface area contributed by atoms with Gasteiger partial charge in [-0.25, -0.2) is 0 Å². The fourth-order valence-corrected chi connectivity index (χ4v) is 3.64. The minimum Gasteiger partial charge on any atom is -0.361 e. The Balaban J connectivity index is 1.78. The van der Waals surface area contributed by atoms with E-state index >= 15 is 0 Å². The molecule has 3 rings (SSSR count). The third-order valence-electron chi connectivity index (χ3n) is 4.99. The fourth-order valence-electron chi connectivity index (χ4n) is 3.64. The Bertz CT molecular complexity index is 446. The number of hydrogen-bond donors (Lipinski definition) is 1. The molecule has 1 saturated heterocycles. The Morgan fingerprint density at radius 2 is 2.16 bits per heavy atom. The van der Waals surface area contributed by atoms with E-state index in [4.69, 9.17) is 4.52 Å². The van der Waals surface area contributed by atoms with E-state index in [0.717, 1.165) is 37.0 Å². The first-order valence-corrected chi connectivity index (χ1v) is 7.43. The number of aryl methyl sites for hydroxylation is 2. The smallest absolute Gasteiger partial charge is 0.138 e. The minimum atomic E-state index is 0.297. The fraction of sp³-hybridized carbons (Fsp3) is 0.800. The average Bonchev–Trinajstić information content (AvgIpc) is 3.17.